The molecule has 3 aromatic rings. The summed E-state index contributed by atoms with van der Waals surface area (Å²) in [6.45, 7) is 3.18. The van der Waals surface area contributed by atoms with Gasteiger partial charge in [-0.3, -0.25) is 9.10 Å². The number of sulfonamides is 1. The van der Waals surface area contributed by atoms with Crippen molar-refractivity contribution >= 4 is 27.8 Å². The van der Waals surface area contributed by atoms with Gasteiger partial charge < -0.3 is 20.1 Å². The molecule has 3 N–H and O–H groups in total. The minimum absolute atomic E-state index is 0.00464. The van der Waals surface area contributed by atoms with Gasteiger partial charge in [0.15, 0.2) is 0 Å². The molecule has 0 saturated heterocycles. The first-order chi connectivity index (χ1) is 18.5. The van der Waals surface area contributed by atoms with Crippen LogP contribution in [0.15, 0.2) is 89.8 Å². The molecule has 0 spiro atoms. The van der Waals surface area contributed by atoms with E-state index in [9.17, 15) is 23.4 Å². The third-order valence-corrected chi connectivity index (χ3v) is 7.57. The SMILES string of the molecule is CC(C)(O)CN(c1cccc(/C=C/C(O)CCOc2ccccc2CCC(=O)O)c1)S(=O)(=O)c1ccccc1. The fourth-order valence-electron chi connectivity index (χ4n) is 3.87. The number of aryl methyl sites for hydroxylation is 1. The number of aliphatic hydroxyl groups is 2. The monoisotopic (exact) mass is 553 g/mol. The number of nitrogens with zero attached hydrogens (tertiary/aromatic N) is 1. The van der Waals surface area contributed by atoms with Gasteiger partial charge >= 0.3 is 5.97 Å². The Morgan fingerprint density at radius 3 is 2.41 bits per heavy atom. The molecule has 0 fully saturated rings. The second kappa shape index (κ2) is 13.4. The highest BCUT2D eigenvalue weighted by Crippen LogP contribution is 2.27. The Kier molecular flexibility index (Phi) is 10.3. The second-order valence-electron chi connectivity index (χ2n) is 9.80. The lowest BCUT2D eigenvalue weighted by molar-refractivity contribution is -0.136. The van der Waals surface area contributed by atoms with E-state index in [2.05, 4.69) is 0 Å². The standard InChI is InChI=1S/C30H35NO7S/c1-30(2,35)22-31(39(36,37)27-12-4-3-5-13-27)25-11-8-9-23(21-25)15-17-26(32)19-20-38-28-14-7-6-10-24(28)16-18-29(33)34/h3-15,17,21,26,32,35H,16,18-20,22H2,1-2H3,(H,33,34)/b17-15+. The van der Waals surface area contributed by atoms with E-state index in [4.69, 9.17) is 9.84 Å². The number of ether oxygens (including phenoxy) is 1. The molecule has 0 aliphatic rings. The molecule has 1 unspecified atom stereocenters. The number of hydrogen-bond donors (Lipinski definition) is 3. The summed E-state index contributed by atoms with van der Waals surface area (Å²) in [4.78, 5) is 11.0. The maximum atomic E-state index is 13.4. The molecule has 8 nitrogen and oxygen atoms in total. The number of rotatable bonds is 14. The van der Waals surface area contributed by atoms with Gasteiger partial charge in [0.25, 0.3) is 10.0 Å². The number of aliphatic carboxylic acids is 1. The van der Waals surface area contributed by atoms with E-state index in [-0.39, 0.29) is 24.5 Å². The first-order valence-corrected chi connectivity index (χ1v) is 14.1. The quantitative estimate of drug-likeness (QED) is 0.268. The number of hydrogen-bond acceptors (Lipinski definition) is 6. The van der Waals surface area contributed by atoms with Crippen LogP contribution in [0.5, 0.6) is 5.75 Å². The van der Waals surface area contributed by atoms with Crippen LogP contribution in [-0.2, 0) is 21.2 Å². The van der Waals surface area contributed by atoms with Crippen LogP contribution in [0.3, 0.4) is 0 Å². The van der Waals surface area contributed by atoms with Crippen molar-refractivity contribution in [3.05, 3.63) is 96.1 Å². The molecule has 0 radical (unpaired) electrons. The van der Waals surface area contributed by atoms with Crippen LogP contribution in [-0.4, -0.2) is 54.6 Å². The molecular weight excluding hydrogens is 518 g/mol. The topological polar surface area (TPSA) is 124 Å². The van der Waals surface area contributed by atoms with Crippen molar-refractivity contribution in [1.29, 1.82) is 0 Å². The fourth-order valence-corrected chi connectivity index (χ4v) is 5.50. The molecule has 1 atom stereocenters. The van der Waals surface area contributed by atoms with Crippen LogP contribution in [0.2, 0.25) is 0 Å². The maximum Gasteiger partial charge on any atom is 0.303 e. The lowest BCUT2D eigenvalue weighted by Crippen LogP contribution is -2.42. The third-order valence-electron chi connectivity index (χ3n) is 5.78. The number of aliphatic hydroxyl groups excluding tert-OH is 1. The van der Waals surface area contributed by atoms with Gasteiger partial charge in [-0.1, -0.05) is 60.7 Å². The fraction of sp³-hybridized carbons (Fsp3) is 0.300. The number of carbonyl (C=O) groups is 1. The van der Waals surface area contributed by atoms with Gasteiger partial charge in [0.1, 0.15) is 5.75 Å². The van der Waals surface area contributed by atoms with Crippen LogP contribution in [0.1, 0.15) is 37.8 Å². The zero-order valence-electron chi connectivity index (χ0n) is 22.1. The molecule has 9 heteroatoms. The van der Waals surface area contributed by atoms with Gasteiger partial charge in [-0.2, -0.15) is 0 Å². The van der Waals surface area contributed by atoms with Crippen molar-refractivity contribution in [1.82, 2.24) is 0 Å². The molecule has 3 aromatic carbocycles. The summed E-state index contributed by atoms with van der Waals surface area (Å²) in [6, 6.07) is 22.1. The van der Waals surface area contributed by atoms with E-state index < -0.39 is 27.7 Å². The molecule has 3 rings (SSSR count). The molecule has 0 aliphatic heterocycles. The minimum atomic E-state index is -3.94. The predicted molar refractivity (Wildman–Crippen MR) is 151 cm³/mol. The average molecular weight is 554 g/mol. The summed E-state index contributed by atoms with van der Waals surface area (Å²) in [5.74, 6) is -0.288. The summed E-state index contributed by atoms with van der Waals surface area (Å²) in [6.07, 6.45) is 3.15. The van der Waals surface area contributed by atoms with Crippen molar-refractivity contribution < 1.29 is 33.3 Å². The molecule has 0 aliphatic carbocycles. The number of anilines is 1. The number of carboxylic acids is 1. The van der Waals surface area contributed by atoms with E-state index in [1.165, 1.54) is 16.4 Å². The van der Waals surface area contributed by atoms with Crippen LogP contribution >= 0.6 is 0 Å². The summed E-state index contributed by atoms with van der Waals surface area (Å²) >= 11 is 0. The van der Waals surface area contributed by atoms with Gasteiger partial charge in [-0.25, -0.2) is 8.42 Å². The minimum Gasteiger partial charge on any atom is -0.493 e. The lowest BCUT2D eigenvalue weighted by atomic mass is 10.1. The van der Waals surface area contributed by atoms with E-state index in [0.29, 0.717) is 29.8 Å². The highest BCUT2D eigenvalue weighted by Gasteiger charge is 2.30. The van der Waals surface area contributed by atoms with Crippen LogP contribution < -0.4 is 9.04 Å². The highest BCUT2D eigenvalue weighted by molar-refractivity contribution is 7.92. The van der Waals surface area contributed by atoms with E-state index in [0.717, 1.165) is 5.56 Å². The Hall–Kier alpha value is -3.66. The molecule has 0 amide bonds. The summed E-state index contributed by atoms with van der Waals surface area (Å²) in [5, 5.41) is 29.8. The Morgan fingerprint density at radius 2 is 1.72 bits per heavy atom. The number of carboxylic acid groups (broad SMARTS) is 1. The molecule has 0 saturated carbocycles. The Bertz CT molecular complexity index is 1370. The molecule has 0 aromatic heterocycles. The first-order valence-electron chi connectivity index (χ1n) is 12.6. The molecule has 0 heterocycles. The van der Waals surface area contributed by atoms with E-state index >= 15 is 0 Å². The Labute approximate surface area is 229 Å². The van der Waals surface area contributed by atoms with Gasteiger partial charge in [0, 0.05) is 12.8 Å². The second-order valence-corrected chi connectivity index (χ2v) is 11.7. The van der Waals surface area contributed by atoms with Crippen LogP contribution in [0.4, 0.5) is 5.69 Å². The average Bonchev–Trinajstić information content (AvgIpc) is 2.90. The molecule has 208 valence electrons. The smallest absolute Gasteiger partial charge is 0.303 e. The highest BCUT2D eigenvalue weighted by atomic mass is 32.2. The Balaban J connectivity index is 1.69. The third kappa shape index (κ3) is 9.24. The van der Waals surface area contributed by atoms with Gasteiger partial charge in [0.2, 0.25) is 0 Å². The van der Waals surface area contributed by atoms with Crippen molar-refractivity contribution in [2.24, 2.45) is 0 Å². The number of benzene rings is 3. The van der Waals surface area contributed by atoms with Gasteiger partial charge in [-0.05, 0) is 61.7 Å². The normalized spacial score (nSPS) is 12.8. The van der Waals surface area contributed by atoms with Crippen molar-refractivity contribution in [2.75, 3.05) is 17.5 Å². The summed E-state index contributed by atoms with van der Waals surface area (Å²) < 4.78 is 33.8. The zero-order valence-corrected chi connectivity index (χ0v) is 22.9. The van der Waals surface area contributed by atoms with Gasteiger partial charge in [0.05, 0.1) is 35.4 Å². The molecular formula is C30H35NO7S. The van der Waals surface area contributed by atoms with E-state index in [1.54, 1.807) is 74.5 Å². The maximum absolute atomic E-state index is 13.4. The summed E-state index contributed by atoms with van der Waals surface area (Å²) in [5.41, 5.74) is 0.577. The van der Waals surface area contributed by atoms with Crippen molar-refractivity contribution in [3.8, 4) is 5.75 Å². The Morgan fingerprint density at radius 1 is 1.03 bits per heavy atom. The lowest BCUT2D eigenvalue weighted by Gasteiger charge is -2.30. The predicted octanol–water partition coefficient (Wildman–Crippen LogP) is 4.51. The van der Waals surface area contributed by atoms with Crippen LogP contribution in [0.25, 0.3) is 6.08 Å². The first kappa shape index (κ1) is 29.9. The van der Waals surface area contributed by atoms with Crippen molar-refractivity contribution in [2.45, 2.75) is 49.7 Å². The number of para-hydroxylation sites is 1. The van der Waals surface area contributed by atoms with Crippen LogP contribution in [0, 0.1) is 0 Å². The van der Waals surface area contributed by atoms with E-state index in [1.807, 2.05) is 18.2 Å². The largest absolute Gasteiger partial charge is 0.493 e. The molecule has 0 bridgehead atoms. The van der Waals surface area contributed by atoms with Crippen molar-refractivity contribution in [3.63, 3.8) is 0 Å². The summed E-state index contributed by atoms with van der Waals surface area (Å²) in [7, 11) is -3.94. The molecule has 39 heavy (non-hydrogen) atoms. The van der Waals surface area contributed by atoms with Gasteiger partial charge in [-0.15, -0.1) is 0 Å². The zero-order chi connectivity index (χ0) is 28.5.